The predicted octanol–water partition coefficient (Wildman–Crippen LogP) is 2.89. The lowest BCUT2D eigenvalue weighted by Gasteiger charge is -2.37. The van der Waals surface area contributed by atoms with Gasteiger partial charge in [0.15, 0.2) is 5.96 Å². The van der Waals surface area contributed by atoms with Gasteiger partial charge in [-0.05, 0) is 37.4 Å². The molecule has 1 unspecified atom stereocenters. The first-order chi connectivity index (χ1) is 11.7. The molecule has 0 saturated carbocycles. The van der Waals surface area contributed by atoms with Gasteiger partial charge in [0.1, 0.15) is 0 Å². The molecule has 1 aromatic rings. The first-order valence-electron chi connectivity index (χ1n) is 8.97. The zero-order valence-corrected chi connectivity index (χ0v) is 18.0. The third-order valence-electron chi connectivity index (χ3n) is 4.73. The molecule has 1 aliphatic heterocycles. The highest BCUT2D eigenvalue weighted by atomic mass is 127. The van der Waals surface area contributed by atoms with Crippen LogP contribution in [0.5, 0.6) is 0 Å². The monoisotopic (exact) mass is 460 g/mol. The molecule has 6 heteroatoms. The second kappa shape index (κ2) is 12.5. The molecule has 1 fully saturated rings. The lowest BCUT2D eigenvalue weighted by molar-refractivity contribution is 0.138. The number of rotatable bonds is 7. The number of benzene rings is 1. The Morgan fingerprint density at radius 1 is 1.24 bits per heavy atom. The number of halogens is 1. The van der Waals surface area contributed by atoms with E-state index >= 15 is 0 Å². The fraction of sp³-hybridized carbons (Fsp3) is 0.632. The number of likely N-dealkylation sites (tertiary alicyclic amines) is 1. The minimum absolute atomic E-state index is 0. The molecule has 5 nitrogen and oxygen atoms in total. The van der Waals surface area contributed by atoms with Crippen molar-refractivity contribution in [2.75, 3.05) is 46.9 Å². The van der Waals surface area contributed by atoms with E-state index in [1.54, 1.807) is 7.11 Å². The Morgan fingerprint density at radius 2 is 1.92 bits per heavy atom. The van der Waals surface area contributed by atoms with Gasteiger partial charge >= 0.3 is 0 Å². The van der Waals surface area contributed by atoms with Gasteiger partial charge in [-0.3, -0.25) is 9.89 Å². The van der Waals surface area contributed by atoms with E-state index in [4.69, 9.17) is 4.74 Å². The van der Waals surface area contributed by atoms with Crippen LogP contribution in [0.1, 0.15) is 31.4 Å². The van der Waals surface area contributed by atoms with E-state index in [2.05, 4.69) is 57.8 Å². The summed E-state index contributed by atoms with van der Waals surface area (Å²) in [7, 11) is 3.52. The molecule has 1 heterocycles. The van der Waals surface area contributed by atoms with Gasteiger partial charge in [-0.1, -0.05) is 37.3 Å². The van der Waals surface area contributed by atoms with E-state index in [1.165, 1.54) is 18.4 Å². The second-order valence-corrected chi connectivity index (χ2v) is 6.52. The summed E-state index contributed by atoms with van der Waals surface area (Å²) < 4.78 is 5.08. The van der Waals surface area contributed by atoms with Gasteiger partial charge in [0, 0.05) is 27.2 Å². The Balaban J connectivity index is 0.00000312. The summed E-state index contributed by atoms with van der Waals surface area (Å²) in [6.45, 7) is 6.97. The Morgan fingerprint density at radius 3 is 2.52 bits per heavy atom. The van der Waals surface area contributed by atoms with Crippen LogP contribution in [0.15, 0.2) is 35.3 Å². The molecule has 1 aliphatic rings. The number of ether oxygens (including phenoxy) is 1. The minimum Gasteiger partial charge on any atom is -0.383 e. The summed E-state index contributed by atoms with van der Waals surface area (Å²) in [5.41, 5.74) is 1.37. The van der Waals surface area contributed by atoms with E-state index in [0.717, 1.165) is 38.1 Å². The summed E-state index contributed by atoms with van der Waals surface area (Å²) in [5.74, 6) is 1.67. The Kier molecular flexibility index (Phi) is 11.1. The highest BCUT2D eigenvalue weighted by Crippen LogP contribution is 2.26. The number of hydrogen-bond donors (Lipinski definition) is 2. The average molecular weight is 460 g/mol. The fourth-order valence-corrected chi connectivity index (χ4v) is 3.16. The number of guanidine groups is 1. The minimum atomic E-state index is 0. The molecule has 0 amide bonds. The molecule has 0 spiro atoms. The van der Waals surface area contributed by atoms with Crippen LogP contribution in [0.4, 0.5) is 0 Å². The number of hydrogen-bond acceptors (Lipinski definition) is 3. The lowest BCUT2D eigenvalue weighted by Crippen LogP contribution is -2.45. The van der Waals surface area contributed by atoms with E-state index in [1.807, 2.05) is 7.05 Å². The van der Waals surface area contributed by atoms with E-state index in [0.29, 0.717) is 12.6 Å². The van der Waals surface area contributed by atoms with Crippen molar-refractivity contribution in [1.82, 2.24) is 15.5 Å². The molecule has 1 aromatic carbocycles. The van der Waals surface area contributed by atoms with Gasteiger partial charge in [0.25, 0.3) is 0 Å². The largest absolute Gasteiger partial charge is 0.383 e. The van der Waals surface area contributed by atoms with E-state index in [-0.39, 0.29) is 24.0 Å². The van der Waals surface area contributed by atoms with Crippen molar-refractivity contribution in [3.63, 3.8) is 0 Å². The van der Waals surface area contributed by atoms with Crippen molar-refractivity contribution in [3.8, 4) is 0 Å². The smallest absolute Gasteiger partial charge is 0.191 e. The predicted molar refractivity (Wildman–Crippen MR) is 116 cm³/mol. The molecular formula is C19H33IN4O. The molecular weight excluding hydrogens is 427 g/mol. The van der Waals surface area contributed by atoms with Crippen LogP contribution in [0.3, 0.4) is 0 Å². The van der Waals surface area contributed by atoms with Crippen LogP contribution in [-0.2, 0) is 4.74 Å². The second-order valence-electron chi connectivity index (χ2n) is 6.52. The Hall–Kier alpha value is -0.860. The van der Waals surface area contributed by atoms with Crippen molar-refractivity contribution < 1.29 is 4.74 Å². The summed E-state index contributed by atoms with van der Waals surface area (Å²) in [6, 6.07) is 11.2. The van der Waals surface area contributed by atoms with Crippen LogP contribution in [0.2, 0.25) is 0 Å². The maximum absolute atomic E-state index is 5.08. The molecule has 142 valence electrons. The van der Waals surface area contributed by atoms with Gasteiger partial charge in [0.05, 0.1) is 12.6 Å². The molecule has 2 rings (SSSR count). The number of aliphatic imine (C=N–C) groups is 1. The molecule has 0 aromatic heterocycles. The van der Waals surface area contributed by atoms with Crippen LogP contribution in [0.25, 0.3) is 0 Å². The topological polar surface area (TPSA) is 48.9 Å². The molecule has 2 N–H and O–H groups in total. The van der Waals surface area contributed by atoms with Crippen LogP contribution >= 0.6 is 24.0 Å². The summed E-state index contributed by atoms with van der Waals surface area (Å²) >= 11 is 0. The van der Waals surface area contributed by atoms with Crippen molar-refractivity contribution in [2.45, 2.75) is 25.8 Å². The lowest BCUT2D eigenvalue weighted by atomic mass is 9.95. The van der Waals surface area contributed by atoms with Gasteiger partial charge in [-0.15, -0.1) is 24.0 Å². The molecule has 25 heavy (non-hydrogen) atoms. The summed E-state index contributed by atoms with van der Waals surface area (Å²) in [5, 5.41) is 6.76. The quantitative estimate of drug-likeness (QED) is 0.285. The van der Waals surface area contributed by atoms with Crippen molar-refractivity contribution in [2.24, 2.45) is 10.9 Å². The van der Waals surface area contributed by atoms with Gasteiger partial charge in [0.2, 0.25) is 0 Å². The normalized spacial score (nSPS) is 17.6. The number of nitrogens with zero attached hydrogens (tertiary/aromatic N) is 2. The third kappa shape index (κ3) is 7.50. The fourth-order valence-electron chi connectivity index (χ4n) is 3.16. The molecule has 0 aliphatic carbocycles. The zero-order valence-electron chi connectivity index (χ0n) is 15.7. The first-order valence-corrected chi connectivity index (χ1v) is 8.97. The Labute approximate surface area is 169 Å². The van der Waals surface area contributed by atoms with Gasteiger partial charge in [-0.25, -0.2) is 0 Å². The standard InChI is InChI=1S/C19H32N4O.HI/c1-16-9-12-23(13-10-16)18(17-7-5-4-6-8-17)15-22-19(20-2)21-11-14-24-3;/h4-8,16,18H,9-15H2,1-3H3,(H2,20,21,22);1H. The molecule has 1 atom stereocenters. The highest BCUT2D eigenvalue weighted by molar-refractivity contribution is 14.0. The van der Waals surface area contributed by atoms with E-state index < -0.39 is 0 Å². The average Bonchev–Trinajstić information content (AvgIpc) is 2.63. The van der Waals surface area contributed by atoms with Crippen LogP contribution < -0.4 is 10.6 Å². The third-order valence-corrected chi connectivity index (χ3v) is 4.73. The van der Waals surface area contributed by atoms with Gasteiger partial charge < -0.3 is 15.4 Å². The first kappa shape index (κ1) is 22.2. The molecule has 0 radical (unpaired) electrons. The maximum atomic E-state index is 5.08. The van der Waals surface area contributed by atoms with Crippen LogP contribution in [-0.4, -0.2) is 57.8 Å². The van der Waals surface area contributed by atoms with Crippen LogP contribution in [0, 0.1) is 5.92 Å². The van der Waals surface area contributed by atoms with Crippen molar-refractivity contribution >= 4 is 29.9 Å². The maximum Gasteiger partial charge on any atom is 0.191 e. The van der Waals surface area contributed by atoms with Gasteiger partial charge in [-0.2, -0.15) is 0 Å². The summed E-state index contributed by atoms with van der Waals surface area (Å²) in [4.78, 5) is 6.90. The van der Waals surface area contributed by atoms with Crippen molar-refractivity contribution in [1.29, 1.82) is 0 Å². The number of piperidine rings is 1. The molecule has 0 bridgehead atoms. The molecule has 1 saturated heterocycles. The number of nitrogens with one attached hydrogen (secondary N) is 2. The number of methoxy groups -OCH3 is 1. The SMILES string of the molecule is CN=C(NCCOC)NCC(c1ccccc1)N1CCC(C)CC1.I. The Bertz CT molecular complexity index is 489. The van der Waals surface area contributed by atoms with Crippen molar-refractivity contribution in [3.05, 3.63) is 35.9 Å². The highest BCUT2D eigenvalue weighted by Gasteiger charge is 2.24. The summed E-state index contributed by atoms with van der Waals surface area (Å²) in [6.07, 6.45) is 2.56. The van der Waals surface area contributed by atoms with E-state index in [9.17, 15) is 0 Å². The zero-order chi connectivity index (χ0) is 17.2.